The van der Waals surface area contributed by atoms with Crippen LogP contribution < -0.4 is 25.4 Å². The number of pyridine rings is 1. The van der Waals surface area contributed by atoms with Crippen molar-refractivity contribution in [3.05, 3.63) is 118 Å². The number of rotatable bonds is 17. The molecule has 2 aromatic heterocycles. The van der Waals surface area contributed by atoms with E-state index in [0.717, 1.165) is 32.8 Å². The van der Waals surface area contributed by atoms with Crippen molar-refractivity contribution in [3.63, 3.8) is 0 Å². The summed E-state index contributed by atoms with van der Waals surface area (Å²) in [6.45, 7) is 17.3. The van der Waals surface area contributed by atoms with Gasteiger partial charge in [0.25, 0.3) is 5.91 Å². The summed E-state index contributed by atoms with van der Waals surface area (Å²) < 4.78 is 17.7. The standard InChI is InChI=1S/C54H62ClN7O8S/c1-31(33-10-14-35(15-11-33)45-32(2)58-30-71-45)59-48(66)42-24-39(63)28-62(42)49(67)46(52(3,4)5)60-43(64)29-68-22-23-69-44-21-19-38(27-57-44)34-12-16-36(17-13-34)47(65)61-50-53(6,7)51(54(50,8)9)70-40-20-18-37(26-56)41(55)25-40/h10-21,25,27,30-31,39,42,46,50-51,63H,22-24,28-29H2,1-9H3,(H,59,66)(H,60,64)(H,61,65)/t31-,39+,42-,46+,50?,51?/m0/s1. The average Bonchev–Trinajstić information content (AvgIpc) is 3.96. The molecule has 4 amide bonds. The average molecular weight is 1000 g/mol. The summed E-state index contributed by atoms with van der Waals surface area (Å²) >= 11 is 7.81. The number of thiazole rings is 1. The van der Waals surface area contributed by atoms with Gasteiger partial charge in [-0.15, -0.1) is 11.3 Å². The Morgan fingerprint density at radius 1 is 0.930 bits per heavy atom. The molecule has 15 nitrogen and oxygen atoms in total. The van der Waals surface area contributed by atoms with Crippen LogP contribution in [0.5, 0.6) is 11.6 Å². The van der Waals surface area contributed by atoms with Gasteiger partial charge >= 0.3 is 0 Å². The van der Waals surface area contributed by atoms with Crippen LogP contribution in [0.3, 0.4) is 0 Å². The van der Waals surface area contributed by atoms with Gasteiger partial charge in [-0.25, -0.2) is 9.97 Å². The molecular formula is C54H62ClN7O8S. The summed E-state index contributed by atoms with van der Waals surface area (Å²) in [7, 11) is 0. The highest BCUT2D eigenvalue weighted by Crippen LogP contribution is 2.55. The van der Waals surface area contributed by atoms with Crippen LogP contribution >= 0.6 is 22.9 Å². The van der Waals surface area contributed by atoms with Crippen molar-refractivity contribution in [2.24, 2.45) is 16.2 Å². The maximum Gasteiger partial charge on any atom is 0.251 e. The number of carbonyl (C=O) groups excluding carboxylic acids is 4. The highest BCUT2D eigenvalue weighted by molar-refractivity contribution is 7.13. The molecule has 2 aliphatic rings. The SMILES string of the molecule is Cc1ncsc1-c1ccc([C@H](C)NC(=O)[C@@H]2C[C@@H](O)CN2C(=O)[C@@H](NC(=O)COCCOc2ccc(-c3ccc(C(=O)NC4C(C)(C)C(Oc5ccc(C#N)c(Cl)c5)C4(C)C)cc3)cn2)C(C)(C)C)cc1. The number of aromatic nitrogens is 2. The first-order valence-corrected chi connectivity index (χ1v) is 24.9. The van der Waals surface area contributed by atoms with E-state index in [2.05, 4.69) is 59.7 Å². The van der Waals surface area contributed by atoms with E-state index in [4.69, 9.17) is 25.8 Å². The van der Waals surface area contributed by atoms with Gasteiger partial charge in [-0.3, -0.25) is 19.2 Å². The minimum absolute atomic E-state index is 0.0400. The zero-order chi connectivity index (χ0) is 51.4. The lowest BCUT2D eigenvalue weighted by Gasteiger charge is -2.63. The molecule has 0 spiro atoms. The lowest BCUT2D eigenvalue weighted by atomic mass is 9.49. The molecule has 17 heteroatoms. The number of ether oxygens (including phenoxy) is 3. The number of likely N-dealkylation sites (tertiary alicyclic amines) is 1. The first kappa shape index (κ1) is 52.4. The summed E-state index contributed by atoms with van der Waals surface area (Å²) in [4.78, 5) is 65.6. The second-order valence-corrected chi connectivity index (χ2v) is 21.8. The van der Waals surface area contributed by atoms with Crippen molar-refractivity contribution in [1.82, 2.24) is 30.8 Å². The molecule has 1 saturated heterocycles. The minimum atomic E-state index is -1.00. The molecule has 3 aromatic carbocycles. The van der Waals surface area contributed by atoms with E-state index in [9.17, 15) is 29.5 Å². The van der Waals surface area contributed by atoms with Crippen molar-refractivity contribution in [1.29, 1.82) is 5.26 Å². The third-order valence-corrected chi connectivity index (χ3v) is 14.7. The fourth-order valence-electron chi connectivity index (χ4n) is 9.85. The second-order valence-electron chi connectivity index (χ2n) is 20.5. The molecule has 7 rings (SSSR count). The lowest BCUT2D eigenvalue weighted by molar-refractivity contribution is -0.164. The van der Waals surface area contributed by atoms with Gasteiger partial charge in [0.2, 0.25) is 23.6 Å². The van der Waals surface area contributed by atoms with Gasteiger partial charge in [0.1, 0.15) is 43.2 Å². The third kappa shape index (κ3) is 11.9. The smallest absolute Gasteiger partial charge is 0.251 e. The maximum atomic E-state index is 14.1. The van der Waals surface area contributed by atoms with Gasteiger partial charge in [-0.1, -0.05) is 96.5 Å². The highest BCUT2D eigenvalue weighted by Gasteiger charge is 2.64. The summed E-state index contributed by atoms with van der Waals surface area (Å²) in [6, 6.07) is 23.3. The van der Waals surface area contributed by atoms with E-state index in [1.807, 2.05) is 82.6 Å². The molecule has 2 fully saturated rings. The van der Waals surface area contributed by atoms with Gasteiger partial charge in [0, 0.05) is 59.3 Å². The number of β-amino-alcohol motifs (C(OH)–C–C–N with tert-alkyl or cyclic N) is 1. The zero-order valence-corrected chi connectivity index (χ0v) is 43.1. The van der Waals surface area contributed by atoms with Crippen LogP contribution in [0.25, 0.3) is 21.6 Å². The normalized spacial score (nSPS) is 19.9. The number of hydrogen-bond donors (Lipinski definition) is 4. The van der Waals surface area contributed by atoms with Crippen LogP contribution in [0.15, 0.2) is 90.6 Å². The molecule has 5 aromatic rings. The van der Waals surface area contributed by atoms with Crippen LogP contribution in [-0.2, 0) is 19.1 Å². The predicted molar refractivity (Wildman–Crippen MR) is 272 cm³/mol. The summed E-state index contributed by atoms with van der Waals surface area (Å²) in [6.07, 6.45) is 0.618. The van der Waals surface area contributed by atoms with Crippen LogP contribution in [0.2, 0.25) is 5.02 Å². The molecule has 0 bridgehead atoms. The molecule has 1 aliphatic carbocycles. The third-order valence-electron chi connectivity index (χ3n) is 13.4. The number of amides is 4. The van der Waals surface area contributed by atoms with Crippen molar-refractivity contribution in [3.8, 4) is 39.3 Å². The van der Waals surface area contributed by atoms with E-state index in [-0.39, 0.29) is 62.8 Å². The number of nitrogens with zero attached hydrogens (tertiary/aromatic N) is 4. The van der Waals surface area contributed by atoms with Gasteiger partial charge in [0.05, 0.1) is 45.4 Å². The number of halogens is 1. The van der Waals surface area contributed by atoms with Crippen molar-refractivity contribution < 1.29 is 38.5 Å². The Morgan fingerprint density at radius 2 is 1.61 bits per heavy atom. The van der Waals surface area contributed by atoms with E-state index in [1.165, 1.54) is 4.90 Å². The topological polar surface area (TPSA) is 205 Å². The number of nitriles is 1. The van der Waals surface area contributed by atoms with E-state index in [0.29, 0.717) is 27.8 Å². The predicted octanol–water partition coefficient (Wildman–Crippen LogP) is 8.08. The first-order chi connectivity index (χ1) is 33.6. The molecule has 374 valence electrons. The van der Waals surface area contributed by atoms with Crippen molar-refractivity contribution in [2.75, 3.05) is 26.4 Å². The number of hydrogen-bond acceptors (Lipinski definition) is 12. The Labute approximate surface area is 424 Å². The summed E-state index contributed by atoms with van der Waals surface area (Å²) in [5, 5.41) is 29.2. The number of carbonyl (C=O) groups is 4. The molecule has 3 heterocycles. The number of benzene rings is 3. The van der Waals surface area contributed by atoms with Crippen molar-refractivity contribution >= 4 is 46.6 Å². The van der Waals surface area contributed by atoms with E-state index in [1.54, 1.807) is 53.9 Å². The Hall–Kier alpha value is -6.38. The van der Waals surface area contributed by atoms with Gasteiger partial charge in [-0.05, 0) is 66.3 Å². The summed E-state index contributed by atoms with van der Waals surface area (Å²) in [5.74, 6) is -0.650. The van der Waals surface area contributed by atoms with Crippen LogP contribution in [0.4, 0.5) is 0 Å². The molecule has 4 atom stereocenters. The molecule has 71 heavy (non-hydrogen) atoms. The Balaban J connectivity index is 0.847. The van der Waals surface area contributed by atoms with Gasteiger partial charge < -0.3 is 40.2 Å². The Bertz CT molecular complexity index is 2750. The fraction of sp³-hybridized carbons (Fsp3) is 0.426. The van der Waals surface area contributed by atoms with Crippen LogP contribution in [-0.4, -0.2) is 100 Å². The van der Waals surface area contributed by atoms with Gasteiger partial charge in [0.15, 0.2) is 0 Å². The number of aliphatic hydroxyl groups is 1. The van der Waals surface area contributed by atoms with E-state index >= 15 is 0 Å². The number of aryl methyl sites for hydroxylation is 1. The molecule has 4 N–H and O–H groups in total. The Kier molecular flexibility index (Phi) is 15.9. The largest absolute Gasteiger partial charge is 0.489 e. The lowest BCUT2D eigenvalue weighted by Crippen LogP contribution is -2.74. The molecule has 0 unspecified atom stereocenters. The van der Waals surface area contributed by atoms with Crippen LogP contribution in [0, 0.1) is 34.5 Å². The first-order valence-electron chi connectivity index (χ1n) is 23.6. The minimum Gasteiger partial charge on any atom is -0.489 e. The Morgan fingerprint density at radius 3 is 2.21 bits per heavy atom. The quantitative estimate of drug-likeness (QED) is 0.0656. The highest BCUT2D eigenvalue weighted by atomic mass is 35.5. The zero-order valence-electron chi connectivity index (χ0n) is 41.5. The van der Waals surface area contributed by atoms with E-state index < -0.39 is 46.2 Å². The second kappa shape index (κ2) is 21.5. The summed E-state index contributed by atoms with van der Waals surface area (Å²) in [5.41, 5.74) is 5.71. The molecule has 0 radical (unpaired) electrons. The molecular weight excluding hydrogens is 942 g/mol. The van der Waals surface area contributed by atoms with Gasteiger partial charge in [-0.2, -0.15) is 5.26 Å². The fourth-order valence-corrected chi connectivity index (χ4v) is 10.9. The number of aliphatic hydroxyl groups excluding tert-OH is 1. The maximum absolute atomic E-state index is 14.1. The number of nitrogens with one attached hydrogen (secondary N) is 3. The monoisotopic (exact) mass is 1000 g/mol. The molecule has 1 saturated carbocycles. The van der Waals surface area contributed by atoms with Crippen LogP contribution in [0.1, 0.15) is 95.0 Å². The molecule has 1 aliphatic heterocycles. The van der Waals surface area contributed by atoms with Crippen molar-refractivity contribution in [2.45, 2.75) is 105 Å².